The Labute approximate surface area is 112 Å². The highest BCUT2D eigenvalue weighted by molar-refractivity contribution is 5.94. The van der Waals surface area contributed by atoms with Crippen molar-refractivity contribution < 1.29 is 14.3 Å². The number of anilines is 1. The maximum absolute atomic E-state index is 13.7. The number of nitrogens with two attached hydrogens (primary N) is 1. The number of aliphatic hydroxyl groups is 1. The first-order chi connectivity index (χ1) is 9.11. The van der Waals surface area contributed by atoms with Gasteiger partial charge in [0.2, 0.25) is 0 Å². The summed E-state index contributed by atoms with van der Waals surface area (Å²) in [4.78, 5) is 13.9. The van der Waals surface area contributed by atoms with E-state index in [2.05, 4.69) is 0 Å². The van der Waals surface area contributed by atoms with Gasteiger partial charge in [-0.05, 0) is 43.4 Å². The van der Waals surface area contributed by atoms with Crippen LogP contribution in [0.5, 0.6) is 0 Å². The van der Waals surface area contributed by atoms with Crippen molar-refractivity contribution >= 4 is 11.6 Å². The lowest BCUT2D eigenvalue weighted by Gasteiger charge is -2.32. The quantitative estimate of drug-likeness (QED) is 0.817. The van der Waals surface area contributed by atoms with E-state index in [1.54, 1.807) is 4.90 Å². The normalized spacial score (nSPS) is 19.5. The van der Waals surface area contributed by atoms with Gasteiger partial charge in [-0.1, -0.05) is 0 Å². The van der Waals surface area contributed by atoms with Crippen molar-refractivity contribution in [2.45, 2.75) is 19.3 Å². The fraction of sp³-hybridized carbons (Fsp3) is 0.500. The van der Waals surface area contributed by atoms with Crippen LogP contribution in [0, 0.1) is 11.7 Å². The Morgan fingerprint density at radius 2 is 2.32 bits per heavy atom. The van der Waals surface area contributed by atoms with E-state index in [1.807, 2.05) is 0 Å². The number of nitrogen functional groups attached to an aromatic ring is 1. The molecule has 1 saturated heterocycles. The predicted molar refractivity (Wildman–Crippen MR) is 71.1 cm³/mol. The summed E-state index contributed by atoms with van der Waals surface area (Å²) in [5, 5.41) is 8.96. The number of rotatable bonds is 3. The monoisotopic (exact) mass is 266 g/mol. The number of carbonyl (C=O) groups excluding carboxylic acids is 1. The van der Waals surface area contributed by atoms with Crippen molar-refractivity contribution in [2.75, 3.05) is 25.4 Å². The van der Waals surface area contributed by atoms with Gasteiger partial charge in [-0.2, -0.15) is 0 Å². The number of halogens is 1. The zero-order valence-corrected chi connectivity index (χ0v) is 10.8. The third-order valence-corrected chi connectivity index (χ3v) is 3.57. The molecule has 2 rings (SSSR count). The van der Waals surface area contributed by atoms with Gasteiger partial charge in [0.15, 0.2) is 0 Å². The molecular weight excluding hydrogens is 247 g/mol. The summed E-state index contributed by atoms with van der Waals surface area (Å²) in [6.45, 7) is 1.36. The molecule has 4 nitrogen and oxygen atoms in total. The molecule has 1 fully saturated rings. The maximum atomic E-state index is 13.7. The van der Waals surface area contributed by atoms with Crippen LogP contribution in [-0.4, -0.2) is 35.6 Å². The third kappa shape index (κ3) is 3.23. The molecule has 0 radical (unpaired) electrons. The van der Waals surface area contributed by atoms with Crippen LogP contribution >= 0.6 is 0 Å². The highest BCUT2D eigenvalue weighted by Crippen LogP contribution is 2.22. The summed E-state index contributed by atoms with van der Waals surface area (Å²) in [6, 6.07) is 4.14. The molecule has 0 aromatic heterocycles. The molecule has 104 valence electrons. The third-order valence-electron chi connectivity index (χ3n) is 3.57. The smallest absolute Gasteiger partial charge is 0.256 e. The fourth-order valence-corrected chi connectivity index (χ4v) is 2.54. The van der Waals surface area contributed by atoms with Gasteiger partial charge in [-0.15, -0.1) is 0 Å². The summed E-state index contributed by atoms with van der Waals surface area (Å²) in [5.74, 6) is -0.561. The van der Waals surface area contributed by atoms with Gasteiger partial charge < -0.3 is 15.7 Å². The van der Waals surface area contributed by atoms with Crippen molar-refractivity contribution in [3.63, 3.8) is 0 Å². The number of piperidine rings is 1. The Kier molecular flexibility index (Phi) is 4.37. The minimum absolute atomic E-state index is 0.0684. The average Bonchev–Trinajstić information content (AvgIpc) is 2.39. The summed E-state index contributed by atoms with van der Waals surface area (Å²) in [6.07, 6.45) is 2.59. The summed E-state index contributed by atoms with van der Waals surface area (Å²) in [5.41, 5.74) is 5.85. The van der Waals surface area contributed by atoms with Gasteiger partial charge >= 0.3 is 0 Å². The minimum Gasteiger partial charge on any atom is -0.399 e. The van der Waals surface area contributed by atoms with Crippen molar-refractivity contribution in [1.29, 1.82) is 0 Å². The molecule has 0 bridgehead atoms. The fourth-order valence-electron chi connectivity index (χ4n) is 2.54. The number of aliphatic hydroxyl groups excluding tert-OH is 1. The molecule has 1 aliphatic rings. The second-order valence-corrected chi connectivity index (χ2v) is 5.01. The van der Waals surface area contributed by atoms with E-state index in [0.717, 1.165) is 12.8 Å². The largest absolute Gasteiger partial charge is 0.399 e. The highest BCUT2D eigenvalue weighted by Gasteiger charge is 2.25. The van der Waals surface area contributed by atoms with Crippen LogP contribution in [0.3, 0.4) is 0 Å². The molecule has 1 atom stereocenters. The second-order valence-electron chi connectivity index (χ2n) is 5.01. The molecule has 5 heteroatoms. The lowest BCUT2D eigenvalue weighted by molar-refractivity contribution is 0.0649. The maximum Gasteiger partial charge on any atom is 0.256 e. The Balaban J connectivity index is 2.10. The zero-order valence-electron chi connectivity index (χ0n) is 10.8. The number of hydrogen-bond donors (Lipinski definition) is 2. The van der Waals surface area contributed by atoms with E-state index < -0.39 is 5.82 Å². The van der Waals surface area contributed by atoms with Gasteiger partial charge in [0.25, 0.3) is 5.91 Å². The Morgan fingerprint density at radius 1 is 1.53 bits per heavy atom. The summed E-state index contributed by atoms with van der Waals surface area (Å²) < 4.78 is 13.7. The SMILES string of the molecule is Nc1ccc(C(=O)N2CCCC(CCO)C2)c(F)c1. The highest BCUT2D eigenvalue weighted by atomic mass is 19.1. The Morgan fingerprint density at radius 3 is 3.00 bits per heavy atom. The number of amides is 1. The van der Waals surface area contributed by atoms with E-state index in [1.165, 1.54) is 18.2 Å². The molecule has 1 aromatic carbocycles. The summed E-state index contributed by atoms with van der Waals surface area (Å²) >= 11 is 0. The molecule has 1 aromatic rings. The van der Waals surface area contributed by atoms with Crippen LogP contribution in [0.25, 0.3) is 0 Å². The standard InChI is InChI=1S/C14H19FN2O2/c15-13-8-11(16)3-4-12(13)14(19)17-6-1-2-10(9-17)5-7-18/h3-4,8,10,18H,1-2,5-7,9,16H2. The number of likely N-dealkylation sites (tertiary alicyclic amines) is 1. The number of hydrogen-bond acceptors (Lipinski definition) is 3. The van der Waals surface area contributed by atoms with E-state index in [0.29, 0.717) is 31.1 Å². The first-order valence-corrected chi connectivity index (χ1v) is 6.57. The van der Waals surface area contributed by atoms with E-state index >= 15 is 0 Å². The molecule has 1 heterocycles. The van der Waals surface area contributed by atoms with Gasteiger partial charge in [-0.3, -0.25) is 4.79 Å². The topological polar surface area (TPSA) is 66.6 Å². The number of benzene rings is 1. The number of nitrogens with zero attached hydrogens (tertiary/aromatic N) is 1. The summed E-state index contributed by atoms with van der Waals surface area (Å²) in [7, 11) is 0. The first-order valence-electron chi connectivity index (χ1n) is 6.57. The second kappa shape index (κ2) is 6.02. The van der Waals surface area contributed by atoms with Crippen LogP contribution in [0.15, 0.2) is 18.2 Å². The number of carbonyl (C=O) groups is 1. The van der Waals surface area contributed by atoms with Gasteiger partial charge in [0, 0.05) is 25.4 Å². The molecule has 19 heavy (non-hydrogen) atoms. The van der Waals surface area contributed by atoms with Crippen molar-refractivity contribution in [3.8, 4) is 0 Å². The van der Waals surface area contributed by atoms with Crippen LogP contribution in [0.4, 0.5) is 10.1 Å². The van der Waals surface area contributed by atoms with Gasteiger partial charge in [0.1, 0.15) is 5.82 Å². The molecule has 0 saturated carbocycles. The molecule has 1 unspecified atom stereocenters. The molecule has 1 aliphatic heterocycles. The molecule has 3 N–H and O–H groups in total. The van der Waals surface area contributed by atoms with Crippen LogP contribution in [0.2, 0.25) is 0 Å². The zero-order chi connectivity index (χ0) is 13.8. The van der Waals surface area contributed by atoms with E-state index in [9.17, 15) is 9.18 Å². The lowest BCUT2D eigenvalue weighted by Crippen LogP contribution is -2.40. The van der Waals surface area contributed by atoms with Gasteiger partial charge in [0.05, 0.1) is 5.56 Å². The van der Waals surface area contributed by atoms with Crippen LogP contribution < -0.4 is 5.73 Å². The molecule has 1 amide bonds. The molecular formula is C14H19FN2O2. The van der Waals surface area contributed by atoms with Crippen LogP contribution in [-0.2, 0) is 0 Å². The van der Waals surface area contributed by atoms with Crippen molar-refractivity contribution in [1.82, 2.24) is 4.90 Å². The Hall–Kier alpha value is -1.62. The predicted octanol–water partition coefficient (Wildman–Crippen LogP) is 1.64. The van der Waals surface area contributed by atoms with E-state index in [-0.39, 0.29) is 18.1 Å². The molecule has 0 spiro atoms. The van der Waals surface area contributed by atoms with Crippen molar-refractivity contribution in [2.24, 2.45) is 5.92 Å². The molecule has 0 aliphatic carbocycles. The minimum atomic E-state index is -0.575. The average molecular weight is 266 g/mol. The van der Waals surface area contributed by atoms with Crippen LogP contribution in [0.1, 0.15) is 29.6 Å². The lowest BCUT2D eigenvalue weighted by atomic mass is 9.94. The van der Waals surface area contributed by atoms with Gasteiger partial charge in [-0.25, -0.2) is 4.39 Å². The Bertz CT molecular complexity index is 463. The van der Waals surface area contributed by atoms with E-state index in [4.69, 9.17) is 10.8 Å². The first kappa shape index (κ1) is 13.8. The van der Waals surface area contributed by atoms with Crippen molar-refractivity contribution in [3.05, 3.63) is 29.6 Å².